The Morgan fingerprint density at radius 1 is 1.28 bits per heavy atom. The largest absolute Gasteiger partial charge is 0.354 e. The van der Waals surface area contributed by atoms with Gasteiger partial charge in [-0.05, 0) is 39.0 Å². The predicted molar refractivity (Wildman–Crippen MR) is 109 cm³/mol. The normalized spacial score (nSPS) is 26.8. The molecule has 25 heavy (non-hydrogen) atoms. The van der Waals surface area contributed by atoms with Crippen molar-refractivity contribution >= 4 is 45.7 Å². The number of carbonyl (C=O) groups is 1. The molecular formula is C16H29IN4O3S. The molecule has 3 aliphatic rings. The van der Waals surface area contributed by atoms with Crippen LogP contribution < -0.4 is 5.32 Å². The summed E-state index contributed by atoms with van der Waals surface area (Å²) in [5.41, 5.74) is 0. The third kappa shape index (κ3) is 5.70. The number of nitrogens with one attached hydrogen (secondary N) is 1. The number of rotatable bonds is 4. The third-order valence-electron chi connectivity index (χ3n) is 4.79. The summed E-state index contributed by atoms with van der Waals surface area (Å²) in [4.78, 5) is 21.0. The first-order chi connectivity index (χ1) is 11.3. The van der Waals surface area contributed by atoms with Gasteiger partial charge in [-0.3, -0.25) is 9.79 Å². The number of nitrogens with zero attached hydrogens (tertiary/aromatic N) is 3. The molecule has 2 aliphatic heterocycles. The maximum Gasteiger partial charge on any atom is 0.242 e. The molecule has 0 aromatic rings. The molecule has 1 N–H and O–H groups in total. The van der Waals surface area contributed by atoms with Crippen LogP contribution in [0.2, 0.25) is 0 Å². The van der Waals surface area contributed by atoms with E-state index in [-0.39, 0.29) is 53.3 Å². The van der Waals surface area contributed by atoms with Crippen LogP contribution >= 0.6 is 24.0 Å². The first kappa shape index (κ1) is 20.7. The molecule has 1 unspecified atom stereocenters. The van der Waals surface area contributed by atoms with Crippen LogP contribution in [0.15, 0.2) is 4.99 Å². The first-order valence-corrected chi connectivity index (χ1v) is 10.7. The maximum atomic E-state index is 12.3. The Morgan fingerprint density at radius 3 is 2.52 bits per heavy atom. The van der Waals surface area contributed by atoms with Gasteiger partial charge in [-0.15, -0.1) is 24.0 Å². The molecule has 1 amide bonds. The van der Waals surface area contributed by atoms with Crippen molar-refractivity contribution in [3.05, 3.63) is 0 Å². The van der Waals surface area contributed by atoms with Gasteiger partial charge in [-0.25, -0.2) is 8.42 Å². The Morgan fingerprint density at radius 2 is 2.00 bits per heavy atom. The topological polar surface area (TPSA) is 82.1 Å². The van der Waals surface area contributed by atoms with Crippen LogP contribution in [0.5, 0.6) is 0 Å². The lowest BCUT2D eigenvalue weighted by atomic mass is 10.1. The number of piperazine rings is 1. The molecule has 3 fully saturated rings. The molecule has 1 aliphatic carbocycles. The van der Waals surface area contributed by atoms with Gasteiger partial charge in [-0.1, -0.05) is 0 Å². The van der Waals surface area contributed by atoms with Crippen LogP contribution in [0.3, 0.4) is 0 Å². The van der Waals surface area contributed by atoms with Gasteiger partial charge in [0.15, 0.2) is 15.8 Å². The zero-order chi connectivity index (χ0) is 17.3. The Labute approximate surface area is 167 Å². The van der Waals surface area contributed by atoms with E-state index in [2.05, 4.69) is 10.3 Å². The van der Waals surface area contributed by atoms with Gasteiger partial charge in [0.25, 0.3) is 0 Å². The van der Waals surface area contributed by atoms with Crippen molar-refractivity contribution in [3.8, 4) is 0 Å². The number of aliphatic imine (C=N–C) groups is 1. The van der Waals surface area contributed by atoms with Gasteiger partial charge in [0, 0.05) is 31.7 Å². The highest BCUT2D eigenvalue weighted by molar-refractivity contribution is 14.0. The lowest BCUT2D eigenvalue weighted by molar-refractivity contribution is -0.135. The van der Waals surface area contributed by atoms with Gasteiger partial charge in [-0.2, -0.15) is 0 Å². The highest BCUT2D eigenvalue weighted by Gasteiger charge is 2.36. The van der Waals surface area contributed by atoms with Gasteiger partial charge in [0.1, 0.15) is 0 Å². The van der Waals surface area contributed by atoms with E-state index in [0.29, 0.717) is 25.6 Å². The predicted octanol–water partition coefficient (Wildman–Crippen LogP) is 0.700. The van der Waals surface area contributed by atoms with Crippen molar-refractivity contribution < 1.29 is 13.2 Å². The Bertz CT molecular complexity index is 619. The number of carbonyl (C=O) groups excluding carboxylic acids is 1. The Kier molecular flexibility index (Phi) is 6.97. The molecule has 9 heteroatoms. The fraction of sp³-hybridized carbons (Fsp3) is 0.875. The van der Waals surface area contributed by atoms with Crippen molar-refractivity contribution in [2.45, 2.75) is 45.2 Å². The van der Waals surface area contributed by atoms with Crippen LogP contribution in [-0.4, -0.2) is 79.9 Å². The summed E-state index contributed by atoms with van der Waals surface area (Å²) in [6.07, 6.45) is 2.95. The van der Waals surface area contributed by atoms with Crippen LogP contribution in [0.25, 0.3) is 0 Å². The fourth-order valence-electron chi connectivity index (χ4n) is 3.37. The molecule has 0 spiro atoms. The maximum absolute atomic E-state index is 12.3. The highest BCUT2D eigenvalue weighted by Crippen LogP contribution is 2.28. The van der Waals surface area contributed by atoms with Crippen molar-refractivity contribution in [2.75, 3.05) is 37.7 Å². The van der Waals surface area contributed by atoms with Gasteiger partial charge in [0.2, 0.25) is 5.91 Å². The van der Waals surface area contributed by atoms with E-state index in [1.54, 1.807) is 0 Å². The van der Waals surface area contributed by atoms with E-state index in [9.17, 15) is 13.2 Å². The summed E-state index contributed by atoms with van der Waals surface area (Å²) >= 11 is 0. The number of hydrogen-bond donors (Lipinski definition) is 1. The molecule has 0 aromatic heterocycles. The molecule has 0 bridgehead atoms. The second-order valence-corrected chi connectivity index (χ2v) is 9.70. The minimum atomic E-state index is -2.87. The fourth-order valence-corrected chi connectivity index (χ4v) is 5.22. The standard InChI is InChI=1S/C16H28N4O3S.HI/c1-12(2)18-16(17-9-13-5-8-24(22,23)11-13)19-6-7-20(14-3-4-14)15(21)10-19;/h12-14H,3-11H2,1-2H3,(H,17,18);1H. The Balaban J connectivity index is 0.00000225. The number of guanidine groups is 1. The van der Waals surface area contributed by atoms with E-state index >= 15 is 0 Å². The summed E-state index contributed by atoms with van der Waals surface area (Å²) in [6, 6.07) is 0.675. The molecule has 7 nitrogen and oxygen atoms in total. The lowest BCUT2D eigenvalue weighted by Crippen LogP contribution is -2.56. The summed E-state index contributed by atoms with van der Waals surface area (Å²) < 4.78 is 23.2. The summed E-state index contributed by atoms with van der Waals surface area (Å²) in [5, 5.41) is 3.33. The smallest absolute Gasteiger partial charge is 0.242 e. The third-order valence-corrected chi connectivity index (χ3v) is 6.63. The molecule has 3 rings (SSSR count). The molecule has 2 heterocycles. The number of hydrogen-bond acceptors (Lipinski definition) is 4. The van der Waals surface area contributed by atoms with Crippen molar-refractivity contribution in [2.24, 2.45) is 10.9 Å². The lowest BCUT2D eigenvalue weighted by Gasteiger charge is -2.36. The van der Waals surface area contributed by atoms with Gasteiger partial charge >= 0.3 is 0 Å². The minimum Gasteiger partial charge on any atom is -0.354 e. The summed E-state index contributed by atoms with van der Waals surface area (Å²) in [7, 11) is -2.87. The molecule has 144 valence electrons. The first-order valence-electron chi connectivity index (χ1n) is 8.90. The number of halogens is 1. The summed E-state index contributed by atoms with van der Waals surface area (Å²) in [5.74, 6) is 1.52. The average Bonchev–Trinajstić information content (AvgIpc) is 3.27. The van der Waals surface area contributed by atoms with Gasteiger partial charge < -0.3 is 15.1 Å². The zero-order valence-electron chi connectivity index (χ0n) is 15.0. The SMILES string of the molecule is CC(C)NC(=NCC1CCS(=O)(=O)C1)N1CCN(C2CC2)C(=O)C1.I. The average molecular weight is 484 g/mol. The van der Waals surface area contributed by atoms with E-state index in [0.717, 1.165) is 31.9 Å². The van der Waals surface area contributed by atoms with E-state index in [4.69, 9.17) is 0 Å². The number of sulfone groups is 1. The molecule has 1 atom stereocenters. The van der Waals surface area contributed by atoms with Crippen molar-refractivity contribution in [1.29, 1.82) is 0 Å². The second kappa shape index (κ2) is 8.41. The number of amides is 1. The monoisotopic (exact) mass is 484 g/mol. The highest BCUT2D eigenvalue weighted by atomic mass is 127. The Hall–Kier alpha value is -0.580. The van der Waals surface area contributed by atoms with E-state index < -0.39 is 9.84 Å². The van der Waals surface area contributed by atoms with Crippen LogP contribution in [0.4, 0.5) is 0 Å². The van der Waals surface area contributed by atoms with Crippen LogP contribution in [-0.2, 0) is 14.6 Å². The minimum absolute atomic E-state index is 0. The van der Waals surface area contributed by atoms with Gasteiger partial charge in [0.05, 0.1) is 18.1 Å². The van der Waals surface area contributed by atoms with Crippen LogP contribution in [0.1, 0.15) is 33.1 Å². The van der Waals surface area contributed by atoms with Crippen molar-refractivity contribution in [1.82, 2.24) is 15.1 Å². The molecule has 1 saturated carbocycles. The van der Waals surface area contributed by atoms with Crippen LogP contribution in [0, 0.1) is 5.92 Å². The molecular weight excluding hydrogens is 455 g/mol. The zero-order valence-corrected chi connectivity index (χ0v) is 18.1. The van der Waals surface area contributed by atoms with E-state index in [1.165, 1.54) is 0 Å². The molecule has 0 aromatic carbocycles. The van der Waals surface area contributed by atoms with Crippen molar-refractivity contribution in [3.63, 3.8) is 0 Å². The molecule has 0 radical (unpaired) electrons. The summed E-state index contributed by atoms with van der Waals surface area (Å²) in [6.45, 7) is 6.48. The quantitative estimate of drug-likeness (QED) is 0.361. The second-order valence-electron chi connectivity index (χ2n) is 7.47. The molecule has 2 saturated heterocycles. The van der Waals surface area contributed by atoms with E-state index in [1.807, 2.05) is 23.6 Å².